The second kappa shape index (κ2) is 13.3. The number of rotatable bonds is 11. The van der Waals surface area contributed by atoms with Crippen molar-refractivity contribution in [2.45, 2.75) is 63.4 Å². The van der Waals surface area contributed by atoms with Crippen molar-refractivity contribution in [3.63, 3.8) is 0 Å². The molecular weight excluding hydrogens is 613 g/mol. The third-order valence-corrected chi connectivity index (χ3v) is 10.7. The topological polar surface area (TPSA) is 114 Å². The summed E-state index contributed by atoms with van der Waals surface area (Å²) in [5, 5.41) is 7.88. The van der Waals surface area contributed by atoms with Gasteiger partial charge in [0.2, 0.25) is 5.91 Å². The van der Waals surface area contributed by atoms with Crippen molar-refractivity contribution in [3.8, 4) is 22.5 Å². The van der Waals surface area contributed by atoms with Crippen LogP contribution in [0.25, 0.3) is 33.4 Å². The van der Waals surface area contributed by atoms with Crippen LogP contribution >= 0.6 is 11.8 Å². The lowest BCUT2D eigenvalue weighted by molar-refractivity contribution is -0.114. The maximum Gasteiger partial charge on any atom is 0.252 e. The summed E-state index contributed by atoms with van der Waals surface area (Å²) in [4.78, 5) is 38.1. The Morgan fingerprint density at radius 1 is 1.13 bits per heavy atom. The van der Waals surface area contributed by atoms with Crippen LogP contribution in [0, 0.1) is 0 Å². The Balaban J connectivity index is 1.38. The summed E-state index contributed by atoms with van der Waals surface area (Å²) in [7, 11) is -1.26. The first-order valence-corrected chi connectivity index (χ1v) is 20.5. The minimum absolute atomic E-state index is 0.0826. The molecule has 6 rings (SSSR count). The molecule has 0 aliphatic heterocycles. The predicted octanol–water partition coefficient (Wildman–Crippen LogP) is 7.50. The Morgan fingerprint density at radius 3 is 2.74 bits per heavy atom. The lowest BCUT2D eigenvalue weighted by atomic mass is 9.97. The van der Waals surface area contributed by atoms with E-state index in [9.17, 15) is 9.59 Å². The van der Waals surface area contributed by atoms with E-state index >= 15 is 0 Å². The van der Waals surface area contributed by atoms with Gasteiger partial charge in [0.25, 0.3) is 5.91 Å². The van der Waals surface area contributed by atoms with Crippen LogP contribution in [-0.2, 0) is 22.7 Å². The molecule has 1 atom stereocenters. The summed E-state index contributed by atoms with van der Waals surface area (Å²) in [6.45, 7) is 9.55. The Bertz CT molecular complexity index is 1910. The van der Waals surface area contributed by atoms with Crippen LogP contribution in [-0.4, -0.2) is 52.3 Å². The van der Waals surface area contributed by atoms with Gasteiger partial charge in [-0.2, -0.15) is 0 Å². The second-order valence-electron chi connectivity index (χ2n) is 12.9. The molecule has 2 amide bonds. The number of thioether (sulfide) groups is 1. The quantitative estimate of drug-likeness (QED) is 0.0774. The molecule has 3 N–H and O–H groups in total. The highest BCUT2D eigenvalue weighted by Gasteiger charge is 2.30. The number of imidazole rings is 1. The molecule has 0 saturated heterocycles. The molecule has 0 saturated carbocycles. The molecule has 0 spiro atoms. The van der Waals surface area contributed by atoms with E-state index in [1.807, 2.05) is 54.9 Å². The van der Waals surface area contributed by atoms with Gasteiger partial charge >= 0.3 is 0 Å². The number of anilines is 1. The van der Waals surface area contributed by atoms with Crippen LogP contribution in [0.1, 0.15) is 40.9 Å². The molecule has 0 radical (unpaired) electrons. The third-order valence-electron chi connectivity index (χ3n) is 8.34. The Kier molecular flexibility index (Phi) is 9.17. The number of aromatic nitrogens is 4. The number of nitrogens with one attached hydrogen (secondary N) is 3. The number of benzene rings is 2. The largest absolute Gasteiger partial charge is 0.361 e. The number of pyridine rings is 1. The van der Waals surface area contributed by atoms with Gasteiger partial charge in [-0.1, -0.05) is 55.7 Å². The lowest BCUT2D eigenvalue weighted by Gasteiger charge is -2.18. The number of hydrogen-bond acceptors (Lipinski definition) is 6. The van der Waals surface area contributed by atoms with Crippen LogP contribution in [0.15, 0.2) is 72.1 Å². The zero-order chi connectivity index (χ0) is 32.4. The van der Waals surface area contributed by atoms with E-state index in [4.69, 9.17) is 9.72 Å². The summed E-state index contributed by atoms with van der Waals surface area (Å²) < 4.78 is 8.40. The number of hydrogen-bond donors (Lipinski definition) is 3. The summed E-state index contributed by atoms with van der Waals surface area (Å²) in [6, 6.07) is 18.8. The fourth-order valence-corrected chi connectivity index (χ4v) is 7.40. The maximum atomic E-state index is 13.5. The fraction of sp³-hybridized carbons (Fsp3) is 0.314. The molecule has 0 fully saturated rings. The van der Waals surface area contributed by atoms with Gasteiger partial charge in [0.1, 0.15) is 12.5 Å². The molecule has 238 valence electrons. The van der Waals surface area contributed by atoms with Crippen molar-refractivity contribution >= 4 is 48.4 Å². The maximum absolute atomic E-state index is 13.5. The SMILES string of the molecule is CSc1nc(-c2cccc3c2CCC3NC(=O)c2cccc3[nH]ccc23)c(-c2ccnc(NC(C)=O)c2)n1COCC[Si](C)(C)C. The van der Waals surface area contributed by atoms with E-state index in [1.54, 1.807) is 18.0 Å². The molecule has 3 heterocycles. The predicted molar refractivity (Wildman–Crippen MR) is 188 cm³/mol. The van der Waals surface area contributed by atoms with E-state index in [1.165, 1.54) is 12.5 Å². The van der Waals surface area contributed by atoms with Gasteiger partial charge in [0.15, 0.2) is 5.16 Å². The van der Waals surface area contributed by atoms with Crippen LogP contribution in [0.4, 0.5) is 5.82 Å². The molecule has 2 aromatic carbocycles. The minimum atomic E-state index is -1.26. The van der Waals surface area contributed by atoms with Crippen LogP contribution < -0.4 is 10.6 Å². The number of fused-ring (bicyclic) bond motifs is 2. The van der Waals surface area contributed by atoms with Gasteiger partial charge in [-0.05, 0) is 66.6 Å². The average Bonchev–Trinajstić information content (AvgIpc) is 3.75. The number of ether oxygens (including phenoxy) is 1. The molecule has 46 heavy (non-hydrogen) atoms. The standard InChI is InChI=1S/C35H40N6O3SSi/c1-22(42)38-31-20-23(14-16-37-31)33-32(40-35(45-2)41(33)21-44-18-19-46(3,4)5)27-9-6-8-25-24(27)12-13-30(25)39-34(43)28-10-7-11-29-26(28)15-17-36-29/h6-11,14-17,20,30,36H,12-13,18-19,21H2,1-5H3,(H,39,43)(H,37,38,42). The van der Waals surface area contributed by atoms with Gasteiger partial charge in [0.05, 0.1) is 17.4 Å². The molecule has 3 aromatic heterocycles. The molecule has 1 unspecified atom stereocenters. The zero-order valence-electron chi connectivity index (χ0n) is 26.9. The van der Waals surface area contributed by atoms with Gasteiger partial charge in [0, 0.05) is 61.6 Å². The summed E-state index contributed by atoms with van der Waals surface area (Å²) in [5.41, 5.74) is 7.57. The highest BCUT2D eigenvalue weighted by atomic mass is 32.2. The molecule has 5 aromatic rings. The van der Waals surface area contributed by atoms with Gasteiger partial charge in [-0.15, -0.1) is 0 Å². The monoisotopic (exact) mass is 652 g/mol. The molecule has 9 nitrogen and oxygen atoms in total. The van der Waals surface area contributed by atoms with Crippen LogP contribution in [0.2, 0.25) is 25.7 Å². The summed E-state index contributed by atoms with van der Waals surface area (Å²) >= 11 is 1.58. The molecule has 0 bridgehead atoms. The van der Waals surface area contributed by atoms with Crippen molar-refractivity contribution in [2.24, 2.45) is 0 Å². The molecule has 1 aliphatic carbocycles. The van der Waals surface area contributed by atoms with E-state index in [-0.39, 0.29) is 17.9 Å². The van der Waals surface area contributed by atoms with Crippen LogP contribution in [0.3, 0.4) is 0 Å². The Labute approximate surface area is 274 Å². The normalized spacial score (nSPS) is 14.4. The van der Waals surface area contributed by atoms with Crippen LogP contribution in [0.5, 0.6) is 0 Å². The number of carbonyl (C=O) groups is 2. The fourth-order valence-electron chi connectivity index (χ4n) is 6.09. The number of aromatic amines is 1. The first-order chi connectivity index (χ1) is 22.1. The van der Waals surface area contributed by atoms with Gasteiger partial charge < -0.3 is 20.4 Å². The molecular formula is C35H40N6O3SSi. The summed E-state index contributed by atoms with van der Waals surface area (Å²) in [5.74, 6) is 0.216. The van der Waals surface area contributed by atoms with Crippen molar-refractivity contribution in [3.05, 3.63) is 83.7 Å². The highest BCUT2D eigenvalue weighted by molar-refractivity contribution is 7.98. The van der Waals surface area contributed by atoms with Crippen molar-refractivity contribution in [2.75, 3.05) is 18.2 Å². The van der Waals surface area contributed by atoms with Crippen molar-refractivity contribution < 1.29 is 14.3 Å². The number of carbonyl (C=O) groups excluding carboxylic acids is 2. The summed E-state index contributed by atoms with van der Waals surface area (Å²) in [6.07, 6.45) is 7.20. The smallest absolute Gasteiger partial charge is 0.252 e. The molecule has 11 heteroatoms. The Morgan fingerprint density at radius 2 is 1.96 bits per heavy atom. The highest BCUT2D eigenvalue weighted by Crippen LogP contribution is 2.42. The average molecular weight is 653 g/mol. The van der Waals surface area contributed by atoms with E-state index in [2.05, 4.69) is 56.9 Å². The van der Waals surface area contributed by atoms with Gasteiger partial charge in [-0.25, -0.2) is 9.97 Å². The first kappa shape index (κ1) is 31.8. The first-order valence-electron chi connectivity index (χ1n) is 15.6. The zero-order valence-corrected chi connectivity index (χ0v) is 28.8. The van der Waals surface area contributed by atoms with Crippen molar-refractivity contribution in [1.29, 1.82) is 0 Å². The molecule has 1 aliphatic rings. The van der Waals surface area contributed by atoms with E-state index < -0.39 is 8.07 Å². The van der Waals surface area contributed by atoms with Gasteiger partial charge in [-0.3, -0.25) is 14.2 Å². The minimum Gasteiger partial charge on any atom is -0.361 e. The lowest BCUT2D eigenvalue weighted by Crippen LogP contribution is -2.27. The van der Waals surface area contributed by atoms with Crippen molar-refractivity contribution in [1.82, 2.24) is 24.8 Å². The van der Waals surface area contributed by atoms with E-state index in [0.717, 1.165) is 63.0 Å². The number of amides is 2. The number of H-pyrrole nitrogens is 1. The third kappa shape index (κ3) is 6.67. The van der Waals surface area contributed by atoms with E-state index in [0.29, 0.717) is 24.7 Å². The second-order valence-corrected chi connectivity index (χ2v) is 19.3. The number of nitrogens with zero attached hydrogens (tertiary/aromatic N) is 3. The Hall–Kier alpha value is -4.19.